The number of benzene rings is 1. The Morgan fingerprint density at radius 3 is 2.44 bits per heavy atom. The molecule has 3 N–H and O–H groups in total. The molecule has 0 amide bonds. The Morgan fingerprint density at radius 2 is 1.94 bits per heavy atom. The minimum atomic E-state index is -0.889. The highest BCUT2D eigenvalue weighted by Gasteiger charge is 2.10. The van der Waals surface area contributed by atoms with E-state index in [4.69, 9.17) is 15.6 Å². The number of carboxylic acids is 1. The van der Waals surface area contributed by atoms with Crippen LogP contribution in [-0.2, 0) is 4.79 Å². The summed E-state index contributed by atoms with van der Waals surface area (Å²) in [5, 5.41) is 8.66. The van der Waals surface area contributed by atoms with E-state index in [2.05, 4.69) is 13.8 Å². The fourth-order valence-electron chi connectivity index (χ4n) is 1.53. The third-order valence-electron chi connectivity index (χ3n) is 2.67. The zero-order chi connectivity index (χ0) is 13.5. The van der Waals surface area contributed by atoms with Gasteiger partial charge in [0, 0.05) is 6.04 Å². The van der Waals surface area contributed by atoms with E-state index in [0.717, 1.165) is 17.7 Å². The summed E-state index contributed by atoms with van der Waals surface area (Å²) >= 11 is 0. The van der Waals surface area contributed by atoms with E-state index < -0.39 is 12.0 Å². The van der Waals surface area contributed by atoms with Crippen LogP contribution in [0.3, 0.4) is 0 Å². The summed E-state index contributed by atoms with van der Waals surface area (Å²) in [5.41, 5.74) is 6.58. The fraction of sp³-hybridized carbons (Fsp3) is 0.500. The second-order valence-corrected chi connectivity index (χ2v) is 4.80. The normalized spacial score (nSPS) is 12.4. The lowest BCUT2D eigenvalue weighted by molar-refractivity contribution is -0.137. The van der Waals surface area contributed by atoms with Gasteiger partial charge in [0.1, 0.15) is 5.75 Å². The molecule has 4 heteroatoms. The number of nitrogens with two attached hydrogens (primary N) is 1. The van der Waals surface area contributed by atoms with Crippen molar-refractivity contribution in [2.24, 2.45) is 11.7 Å². The van der Waals surface area contributed by atoms with Crippen LogP contribution < -0.4 is 10.5 Å². The molecule has 4 nitrogen and oxygen atoms in total. The molecule has 0 aliphatic heterocycles. The van der Waals surface area contributed by atoms with Crippen molar-refractivity contribution in [2.45, 2.75) is 32.7 Å². The van der Waals surface area contributed by atoms with Crippen LogP contribution >= 0.6 is 0 Å². The third-order valence-corrected chi connectivity index (χ3v) is 2.67. The molecule has 0 spiro atoms. The molecule has 1 atom stereocenters. The van der Waals surface area contributed by atoms with Gasteiger partial charge in [-0.1, -0.05) is 26.0 Å². The molecule has 1 aromatic rings. The van der Waals surface area contributed by atoms with Crippen LogP contribution in [0.15, 0.2) is 24.3 Å². The summed E-state index contributed by atoms with van der Waals surface area (Å²) < 4.78 is 5.58. The van der Waals surface area contributed by atoms with E-state index >= 15 is 0 Å². The Labute approximate surface area is 108 Å². The molecule has 0 aliphatic carbocycles. The van der Waals surface area contributed by atoms with E-state index in [-0.39, 0.29) is 6.42 Å². The summed E-state index contributed by atoms with van der Waals surface area (Å²) in [6.07, 6.45) is 0.952. The van der Waals surface area contributed by atoms with Gasteiger partial charge in [-0.05, 0) is 30.0 Å². The van der Waals surface area contributed by atoms with Gasteiger partial charge >= 0.3 is 5.97 Å². The van der Waals surface area contributed by atoms with E-state index in [9.17, 15) is 4.79 Å². The molecule has 0 bridgehead atoms. The fourth-order valence-corrected chi connectivity index (χ4v) is 1.53. The maximum absolute atomic E-state index is 10.6. The standard InChI is InChI=1S/C14H21NO3/c1-10(2)7-8-18-12-5-3-11(4-6-12)13(15)9-14(16)17/h3-6,10,13H,7-9,15H2,1-2H3,(H,16,17)/t13-/m0/s1. The second kappa shape index (κ2) is 7.01. The Morgan fingerprint density at radius 1 is 1.33 bits per heavy atom. The van der Waals surface area contributed by atoms with Gasteiger partial charge in [0.05, 0.1) is 13.0 Å². The lowest BCUT2D eigenvalue weighted by Crippen LogP contribution is -2.14. The molecule has 0 heterocycles. The topological polar surface area (TPSA) is 72.5 Å². The molecule has 100 valence electrons. The molecule has 0 aromatic heterocycles. The van der Waals surface area contributed by atoms with Crippen LogP contribution in [0.2, 0.25) is 0 Å². The van der Waals surface area contributed by atoms with Crippen molar-refractivity contribution >= 4 is 5.97 Å². The number of rotatable bonds is 7. The monoisotopic (exact) mass is 251 g/mol. The van der Waals surface area contributed by atoms with E-state index in [0.29, 0.717) is 12.5 Å². The molecule has 0 unspecified atom stereocenters. The van der Waals surface area contributed by atoms with Gasteiger partial charge in [0.2, 0.25) is 0 Å². The highest BCUT2D eigenvalue weighted by Crippen LogP contribution is 2.19. The largest absolute Gasteiger partial charge is 0.494 e. The molecular weight excluding hydrogens is 230 g/mol. The predicted octanol–water partition coefficient (Wildman–Crippen LogP) is 2.59. The van der Waals surface area contributed by atoms with Crippen molar-refractivity contribution < 1.29 is 14.6 Å². The Bertz CT molecular complexity index is 373. The first kappa shape index (κ1) is 14.5. The molecule has 0 aliphatic rings. The van der Waals surface area contributed by atoms with Crippen LogP contribution in [0.1, 0.15) is 38.3 Å². The zero-order valence-corrected chi connectivity index (χ0v) is 10.9. The molecular formula is C14H21NO3. The van der Waals surface area contributed by atoms with Gasteiger partial charge in [-0.15, -0.1) is 0 Å². The molecule has 18 heavy (non-hydrogen) atoms. The molecule has 0 fully saturated rings. The molecule has 1 rings (SSSR count). The van der Waals surface area contributed by atoms with Crippen LogP contribution in [0.5, 0.6) is 5.75 Å². The minimum Gasteiger partial charge on any atom is -0.494 e. The van der Waals surface area contributed by atoms with E-state index in [1.54, 1.807) is 0 Å². The average Bonchev–Trinajstić information content (AvgIpc) is 2.28. The average molecular weight is 251 g/mol. The van der Waals surface area contributed by atoms with Crippen molar-refractivity contribution in [1.29, 1.82) is 0 Å². The Hall–Kier alpha value is -1.55. The van der Waals surface area contributed by atoms with Crippen molar-refractivity contribution in [3.8, 4) is 5.75 Å². The van der Waals surface area contributed by atoms with E-state index in [1.165, 1.54) is 0 Å². The number of carbonyl (C=O) groups is 1. The summed E-state index contributed by atoms with van der Waals surface area (Å²) in [6, 6.07) is 6.83. The van der Waals surface area contributed by atoms with Gasteiger partial charge in [-0.3, -0.25) is 4.79 Å². The molecule has 0 saturated heterocycles. The van der Waals surface area contributed by atoms with Gasteiger partial charge in [-0.25, -0.2) is 0 Å². The lowest BCUT2D eigenvalue weighted by Gasteiger charge is -2.11. The number of hydrogen-bond acceptors (Lipinski definition) is 3. The third kappa shape index (κ3) is 5.19. The first-order chi connectivity index (χ1) is 8.49. The van der Waals surface area contributed by atoms with Crippen LogP contribution in [0.4, 0.5) is 0 Å². The zero-order valence-electron chi connectivity index (χ0n) is 10.9. The number of carboxylic acid groups (broad SMARTS) is 1. The van der Waals surface area contributed by atoms with Gasteiger partial charge in [0.25, 0.3) is 0 Å². The van der Waals surface area contributed by atoms with Crippen molar-refractivity contribution in [1.82, 2.24) is 0 Å². The van der Waals surface area contributed by atoms with Gasteiger partial charge in [0.15, 0.2) is 0 Å². The maximum Gasteiger partial charge on any atom is 0.305 e. The number of ether oxygens (including phenoxy) is 1. The quantitative estimate of drug-likeness (QED) is 0.781. The van der Waals surface area contributed by atoms with Crippen LogP contribution in [0, 0.1) is 5.92 Å². The summed E-state index contributed by atoms with van der Waals surface area (Å²) in [7, 11) is 0. The summed E-state index contributed by atoms with van der Waals surface area (Å²) in [5.74, 6) is 0.523. The van der Waals surface area contributed by atoms with Crippen LogP contribution in [-0.4, -0.2) is 17.7 Å². The van der Waals surface area contributed by atoms with Gasteiger partial charge in [-0.2, -0.15) is 0 Å². The SMILES string of the molecule is CC(C)CCOc1ccc([C@@H](N)CC(=O)O)cc1. The first-order valence-corrected chi connectivity index (χ1v) is 6.19. The smallest absolute Gasteiger partial charge is 0.305 e. The number of aliphatic carboxylic acids is 1. The number of hydrogen-bond donors (Lipinski definition) is 2. The summed E-state index contributed by atoms with van der Waals surface area (Å²) in [6.45, 7) is 4.99. The minimum absolute atomic E-state index is 0.0620. The Kier molecular flexibility index (Phi) is 5.65. The molecule has 1 aromatic carbocycles. The highest BCUT2D eigenvalue weighted by molar-refractivity contribution is 5.67. The first-order valence-electron chi connectivity index (χ1n) is 6.19. The highest BCUT2D eigenvalue weighted by atomic mass is 16.5. The summed E-state index contributed by atoms with van der Waals surface area (Å²) in [4.78, 5) is 10.6. The predicted molar refractivity (Wildman–Crippen MR) is 70.6 cm³/mol. The maximum atomic E-state index is 10.6. The van der Waals surface area contributed by atoms with Crippen molar-refractivity contribution in [2.75, 3.05) is 6.61 Å². The van der Waals surface area contributed by atoms with Crippen molar-refractivity contribution in [3.05, 3.63) is 29.8 Å². The molecule has 0 radical (unpaired) electrons. The molecule has 0 saturated carbocycles. The lowest BCUT2D eigenvalue weighted by atomic mass is 10.0. The Balaban J connectivity index is 2.49. The van der Waals surface area contributed by atoms with E-state index in [1.807, 2.05) is 24.3 Å². The van der Waals surface area contributed by atoms with Crippen molar-refractivity contribution in [3.63, 3.8) is 0 Å². The second-order valence-electron chi connectivity index (χ2n) is 4.80. The van der Waals surface area contributed by atoms with Gasteiger partial charge < -0.3 is 15.6 Å². The van der Waals surface area contributed by atoms with Crippen LogP contribution in [0.25, 0.3) is 0 Å².